The Morgan fingerprint density at radius 2 is 1.87 bits per heavy atom. The van der Waals surface area contributed by atoms with Crippen molar-refractivity contribution in [2.24, 2.45) is 0 Å². The fourth-order valence-electron chi connectivity index (χ4n) is 2.21. The predicted molar refractivity (Wildman–Crippen MR) is 76.5 cm³/mol. The molecule has 2 amide bonds. The van der Waals surface area contributed by atoms with E-state index in [4.69, 9.17) is 10.2 Å². The van der Waals surface area contributed by atoms with Gasteiger partial charge in [0.2, 0.25) is 11.8 Å². The van der Waals surface area contributed by atoms with Gasteiger partial charge >= 0.3 is 11.9 Å². The van der Waals surface area contributed by atoms with Crippen LogP contribution in [0.3, 0.4) is 0 Å². The third-order valence-corrected chi connectivity index (χ3v) is 3.43. The van der Waals surface area contributed by atoms with Crippen LogP contribution in [0, 0.1) is 0 Å². The monoisotopic (exact) mass is 331 g/mol. The second kappa shape index (κ2) is 8.44. The van der Waals surface area contributed by atoms with Crippen LogP contribution in [0.25, 0.3) is 0 Å². The molecular weight excluding hydrogens is 310 g/mol. The van der Waals surface area contributed by atoms with Crippen molar-refractivity contribution < 1.29 is 34.5 Å². The zero-order valence-corrected chi connectivity index (χ0v) is 12.6. The van der Waals surface area contributed by atoms with E-state index in [-0.39, 0.29) is 0 Å². The lowest BCUT2D eigenvalue weighted by Gasteiger charge is -2.23. The Kier molecular flexibility index (Phi) is 6.91. The minimum Gasteiger partial charge on any atom is -0.481 e. The van der Waals surface area contributed by atoms with Crippen molar-refractivity contribution >= 4 is 23.8 Å². The fraction of sp³-hybridized carbons (Fsp3) is 0.692. The highest BCUT2D eigenvalue weighted by molar-refractivity contribution is 5.94. The molecular formula is C13H21N3O7. The molecule has 0 aromatic carbocycles. The van der Waals surface area contributed by atoms with Crippen molar-refractivity contribution in [3.8, 4) is 0 Å². The minimum absolute atomic E-state index is 0.508. The van der Waals surface area contributed by atoms with Crippen LogP contribution >= 0.6 is 0 Å². The van der Waals surface area contributed by atoms with E-state index in [1.54, 1.807) is 0 Å². The lowest BCUT2D eigenvalue weighted by atomic mass is 10.1. The first-order valence-electron chi connectivity index (χ1n) is 7.19. The molecule has 1 heterocycles. The predicted octanol–water partition coefficient (Wildman–Crippen LogP) is -2.35. The largest absolute Gasteiger partial charge is 0.481 e. The Bertz CT molecular complexity index is 474. The minimum atomic E-state index is -1.60. The number of carboxylic acids is 2. The normalized spacial score (nSPS) is 21.0. The summed E-state index contributed by atoms with van der Waals surface area (Å²) in [7, 11) is 0. The highest BCUT2D eigenvalue weighted by Gasteiger charge is 2.32. The number of carboxylic acid groups (broad SMARTS) is 2. The molecule has 6 N–H and O–H groups in total. The zero-order valence-electron chi connectivity index (χ0n) is 12.6. The van der Waals surface area contributed by atoms with E-state index in [0.29, 0.717) is 13.0 Å². The summed E-state index contributed by atoms with van der Waals surface area (Å²) in [6.07, 6.45) is -0.722. The Labute approximate surface area is 132 Å². The molecule has 0 aromatic heterocycles. The quantitative estimate of drug-likeness (QED) is 0.287. The topological polar surface area (TPSA) is 165 Å². The Morgan fingerprint density at radius 3 is 2.30 bits per heavy atom. The molecule has 0 bridgehead atoms. The number of carbonyl (C=O) groups excluding carboxylic acids is 2. The Morgan fingerprint density at radius 1 is 1.22 bits per heavy atom. The summed E-state index contributed by atoms with van der Waals surface area (Å²) in [5.41, 5.74) is 0. The number of rotatable bonds is 8. The SMILES string of the molecule is CC(O)C(NC(=O)C(CC(=O)O)NC(=O)C1CCCN1)C(=O)O. The average Bonchev–Trinajstić information content (AvgIpc) is 2.96. The van der Waals surface area contributed by atoms with Gasteiger partial charge in [-0.25, -0.2) is 4.79 Å². The maximum atomic E-state index is 12.1. The van der Waals surface area contributed by atoms with Gasteiger partial charge in [-0.15, -0.1) is 0 Å². The third-order valence-electron chi connectivity index (χ3n) is 3.43. The molecule has 0 radical (unpaired) electrons. The molecule has 1 aliphatic heterocycles. The van der Waals surface area contributed by atoms with Crippen LogP contribution in [0.4, 0.5) is 0 Å². The molecule has 1 fully saturated rings. The molecule has 0 saturated carbocycles. The van der Waals surface area contributed by atoms with Gasteiger partial charge in [-0.05, 0) is 26.3 Å². The summed E-state index contributed by atoms with van der Waals surface area (Å²) in [5, 5.41) is 34.4. The summed E-state index contributed by atoms with van der Waals surface area (Å²) in [5.74, 6) is -4.29. The van der Waals surface area contributed by atoms with Crippen LogP contribution in [-0.2, 0) is 19.2 Å². The Balaban J connectivity index is 2.75. The second-order valence-corrected chi connectivity index (χ2v) is 5.37. The van der Waals surface area contributed by atoms with Gasteiger partial charge in [0.15, 0.2) is 6.04 Å². The summed E-state index contributed by atoms with van der Waals surface area (Å²) < 4.78 is 0. The summed E-state index contributed by atoms with van der Waals surface area (Å²) in [6.45, 7) is 1.82. The molecule has 10 heteroatoms. The summed E-state index contributed by atoms with van der Waals surface area (Å²) in [6, 6.07) is -3.53. The van der Waals surface area contributed by atoms with Crippen LogP contribution in [0.5, 0.6) is 0 Å². The number of nitrogens with one attached hydrogen (secondary N) is 3. The van der Waals surface area contributed by atoms with Gasteiger partial charge in [0, 0.05) is 0 Å². The van der Waals surface area contributed by atoms with Crippen molar-refractivity contribution in [3.05, 3.63) is 0 Å². The van der Waals surface area contributed by atoms with Gasteiger partial charge in [-0.1, -0.05) is 0 Å². The number of amides is 2. The van der Waals surface area contributed by atoms with Crippen LogP contribution < -0.4 is 16.0 Å². The molecule has 10 nitrogen and oxygen atoms in total. The molecule has 1 aliphatic rings. The lowest BCUT2D eigenvalue weighted by molar-refractivity contribution is -0.145. The van der Waals surface area contributed by atoms with Crippen molar-refractivity contribution in [2.75, 3.05) is 6.54 Å². The van der Waals surface area contributed by atoms with Gasteiger partial charge < -0.3 is 31.3 Å². The molecule has 130 valence electrons. The maximum Gasteiger partial charge on any atom is 0.328 e. The molecule has 23 heavy (non-hydrogen) atoms. The van der Waals surface area contributed by atoms with Gasteiger partial charge in [0.05, 0.1) is 18.6 Å². The first kappa shape index (κ1) is 18.8. The molecule has 1 saturated heterocycles. The summed E-state index contributed by atoms with van der Waals surface area (Å²) in [4.78, 5) is 45.9. The molecule has 4 unspecified atom stereocenters. The number of hydrogen-bond acceptors (Lipinski definition) is 6. The highest BCUT2D eigenvalue weighted by Crippen LogP contribution is 2.06. The second-order valence-electron chi connectivity index (χ2n) is 5.37. The third kappa shape index (κ3) is 5.83. The van der Waals surface area contributed by atoms with Crippen LogP contribution in [-0.4, -0.2) is 69.8 Å². The molecule has 0 aromatic rings. The highest BCUT2D eigenvalue weighted by atomic mass is 16.4. The first-order chi connectivity index (χ1) is 10.7. The maximum absolute atomic E-state index is 12.1. The number of aliphatic hydroxyl groups excluding tert-OH is 1. The Hall–Kier alpha value is -2.20. The molecule has 0 aliphatic carbocycles. The van der Waals surface area contributed by atoms with Crippen molar-refractivity contribution in [3.63, 3.8) is 0 Å². The van der Waals surface area contributed by atoms with E-state index in [9.17, 15) is 24.3 Å². The first-order valence-corrected chi connectivity index (χ1v) is 7.19. The van der Waals surface area contributed by atoms with E-state index in [2.05, 4.69) is 10.6 Å². The standard InChI is InChI=1S/C13H21N3O7/c1-6(17)10(13(22)23)16-12(21)8(5-9(18)19)15-11(20)7-3-2-4-14-7/h6-8,10,14,17H,2-5H2,1H3,(H,15,20)(H,16,21)(H,18,19)(H,22,23). The summed E-state index contributed by atoms with van der Waals surface area (Å²) >= 11 is 0. The van der Waals surface area contributed by atoms with E-state index in [1.807, 2.05) is 5.32 Å². The fourth-order valence-corrected chi connectivity index (χ4v) is 2.21. The van der Waals surface area contributed by atoms with E-state index in [0.717, 1.165) is 6.42 Å². The van der Waals surface area contributed by atoms with Gasteiger partial charge in [0.25, 0.3) is 0 Å². The van der Waals surface area contributed by atoms with Crippen molar-refractivity contribution in [1.29, 1.82) is 0 Å². The van der Waals surface area contributed by atoms with E-state index < -0.39 is 54.4 Å². The number of aliphatic hydroxyl groups is 1. The van der Waals surface area contributed by atoms with E-state index in [1.165, 1.54) is 6.92 Å². The number of carbonyl (C=O) groups is 4. The van der Waals surface area contributed by atoms with Crippen molar-refractivity contribution in [1.82, 2.24) is 16.0 Å². The lowest BCUT2D eigenvalue weighted by Crippen LogP contribution is -2.56. The van der Waals surface area contributed by atoms with E-state index >= 15 is 0 Å². The molecule has 1 rings (SSSR count). The average molecular weight is 331 g/mol. The van der Waals surface area contributed by atoms with Gasteiger partial charge in [-0.3, -0.25) is 14.4 Å². The van der Waals surface area contributed by atoms with Gasteiger partial charge in [0.1, 0.15) is 6.04 Å². The van der Waals surface area contributed by atoms with Gasteiger partial charge in [-0.2, -0.15) is 0 Å². The molecule has 0 spiro atoms. The molecule has 4 atom stereocenters. The van der Waals surface area contributed by atoms with Crippen molar-refractivity contribution in [2.45, 2.75) is 50.4 Å². The zero-order chi connectivity index (χ0) is 17.6. The number of aliphatic carboxylic acids is 2. The van der Waals surface area contributed by atoms with Crippen LogP contribution in [0.1, 0.15) is 26.2 Å². The van der Waals surface area contributed by atoms with Crippen LogP contribution in [0.2, 0.25) is 0 Å². The smallest absolute Gasteiger partial charge is 0.328 e. The number of hydrogen-bond donors (Lipinski definition) is 6. The van der Waals surface area contributed by atoms with Crippen LogP contribution in [0.15, 0.2) is 0 Å².